The number of nitrogens with zero attached hydrogens (tertiary/aromatic N) is 3. The van der Waals surface area contributed by atoms with Crippen LogP contribution in [0.4, 0.5) is 5.69 Å². The molecule has 1 N–H and O–H groups in total. The molecule has 3 aromatic rings. The highest BCUT2D eigenvalue weighted by atomic mass is 32.2. The van der Waals surface area contributed by atoms with Crippen molar-refractivity contribution in [2.75, 3.05) is 12.4 Å². The standard InChI is InChI=1S/C24H28N4O4S/c1-6-21(23(30)25-18-10-7-9-17(13-18)15(2)29)33-24-27-26-22(28(24)4)16(3)32-20-12-8-11-19(14-20)31-5/h7-14,16,21H,6H2,1-5H3,(H,25,30). The van der Waals surface area contributed by atoms with Gasteiger partial charge >= 0.3 is 0 Å². The van der Waals surface area contributed by atoms with Gasteiger partial charge in [-0.1, -0.05) is 36.9 Å². The summed E-state index contributed by atoms with van der Waals surface area (Å²) in [6.45, 7) is 5.33. The van der Waals surface area contributed by atoms with Crippen molar-refractivity contribution in [1.29, 1.82) is 0 Å². The number of benzene rings is 2. The van der Waals surface area contributed by atoms with Gasteiger partial charge in [0.15, 0.2) is 22.9 Å². The number of carbonyl (C=O) groups excluding carboxylic acids is 2. The lowest BCUT2D eigenvalue weighted by molar-refractivity contribution is -0.115. The fourth-order valence-electron chi connectivity index (χ4n) is 3.20. The number of anilines is 1. The highest BCUT2D eigenvalue weighted by molar-refractivity contribution is 8.00. The molecule has 0 saturated heterocycles. The number of amides is 1. The van der Waals surface area contributed by atoms with E-state index in [4.69, 9.17) is 9.47 Å². The molecule has 2 aromatic carbocycles. The van der Waals surface area contributed by atoms with Gasteiger partial charge in [0.05, 0.1) is 12.4 Å². The summed E-state index contributed by atoms with van der Waals surface area (Å²) in [5, 5.41) is 11.7. The van der Waals surface area contributed by atoms with Crippen LogP contribution in [-0.2, 0) is 11.8 Å². The Morgan fingerprint density at radius 3 is 2.55 bits per heavy atom. The van der Waals surface area contributed by atoms with E-state index < -0.39 is 0 Å². The van der Waals surface area contributed by atoms with Crippen molar-refractivity contribution in [3.63, 3.8) is 0 Å². The van der Waals surface area contributed by atoms with Crippen molar-refractivity contribution in [3.05, 3.63) is 59.9 Å². The zero-order valence-corrected chi connectivity index (χ0v) is 20.2. The van der Waals surface area contributed by atoms with Gasteiger partial charge in [-0.2, -0.15) is 0 Å². The Hall–Kier alpha value is -3.33. The lowest BCUT2D eigenvalue weighted by Gasteiger charge is -2.16. The van der Waals surface area contributed by atoms with E-state index in [0.717, 1.165) is 0 Å². The largest absolute Gasteiger partial charge is 0.497 e. The summed E-state index contributed by atoms with van der Waals surface area (Å²) in [6, 6.07) is 14.3. The third kappa shape index (κ3) is 6.13. The van der Waals surface area contributed by atoms with Crippen LogP contribution in [0.15, 0.2) is 53.7 Å². The number of ether oxygens (including phenoxy) is 2. The summed E-state index contributed by atoms with van der Waals surface area (Å²) >= 11 is 1.34. The summed E-state index contributed by atoms with van der Waals surface area (Å²) in [5.41, 5.74) is 1.14. The molecule has 2 unspecified atom stereocenters. The lowest BCUT2D eigenvalue weighted by Crippen LogP contribution is -2.25. The molecule has 1 amide bonds. The zero-order chi connectivity index (χ0) is 24.0. The fraction of sp³-hybridized carbons (Fsp3) is 0.333. The van der Waals surface area contributed by atoms with Gasteiger partial charge < -0.3 is 19.4 Å². The molecule has 1 aromatic heterocycles. The highest BCUT2D eigenvalue weighted by Crippen LogP contribution is 2.29. The van der Waals surface area contributed by atoms with Crippen molar-refractivity contribution < 1.29 is 19.1 Å². The third-order valence-electron chi connectivity index (χ3n) is 5.03. The van der Waals surface area contributed by atoms with Gasteiger partial charge in [0.25, 0.3) is 0 Å². The van der Waals surface area contributed by atoms with E-state index in [9.17, 15) is 9.59 Å². The average Bonchev–Trinajstić information content (AvgIpc) is 3.17. The van der Waals surface area contributed by atoms with Crippen molar-refractivity contribution >= 4 is 29.1 Å². The average molecular weight is 469 g/mol. The molecule has 174 valence electrons. The monoisotopic (exact) mass is 468 g/mol. The molecule has 0 radical (unpaired) electrons. The second-order valence-electron chi connectivity index (χ2n) is 7.48. The van der Waals surface area contributed by atoms with Gasteiger partial charge in [0, 0.05) is 24.4 Å². The number of carbonyl (C=O) groups is 2. The molecular formula is C24H28N4O4S. The Kier molecular flexibility index (Phi) is 8.11. The van der Waals surface area contributed by atoms with Crippen molar-refractivity contribution in [2.24, 2.45) is 7.05 Å². The van der Waals surface area contributed by atoms with Crippen LogP contribution in [0.1, 0.15) is 49.5 Å². The molecule has 0 bridgehead atoms. The van der Waals surface area contributed by atoms with Crippen molar-refractivity contribution in [3.8, 4) is 11.5 Å². The number of ketones is 1. The number of hydrogen-bond donors (Lipinski definition) is 1. The maximum atomic E-state index is 12.9. The van der Waals surface area contributed by atoms with Crippen LogP contribution < -0.4 is 14.8 Å². The Bertz CT molecular complexity index is 1130. The molecule has 8 nitrogen and oxygen atoms in total. The molecular weight excluding hydrogens is 440 g/mol. The Balaban J connectivity index is 1.68. The first kappa shape index (κ1) is 24.3. The van der Waals surface area contributed by atoms with E-state index in [0.29, 0.717) is 40.2 Å². The van der Waals surface area contributed by atoms with Gasteiger partial charge in [-0.25, -0.2) is 0 Å². The summed E-state index contributed by atoms with van der Waals surface area (Å²) in [5.74, 6) is 1.81. The summed E-state index contributed by atoms with van der Waals surface area (Å²) < 4.78 is 13.1. The second-order valence-corrected chi connectivity index (χ2v) is 8.65. The van der Waals surface area contributed by atoms with Crippen LogP contribution >= 0.6 is 11.8 Å². The first-order valence-electron chi connectivity index (χ1n) is 10.6. The first-order chi connectivity index (χ1) is 15.8. The maximum Gasteiger partial charge on any atom is 0.237 e. The smallest absolute Gasteiger partial charge is 0.237 e. The van der Waals surface area contributed by atoms with Crippen molar-refractivity contribution in [1.82, 2.24) is 14.8 Å². The molecule has 0 aliphatic carbocycles. The zero-order valence-electron chi connectivity index (χ0n) is 19.4. The van der Waals surface area contributed by atoms with Gasteiger partial charge in [0.1, 0.15) is 11.5 Å². The van der Waals surface area contributed by atoms with E-state index in [2.05, 4.69) is 15.5 Å². The SMILES string of the molecule is CCC(Sc1nnc(C(C)Oc2cccc(OC)c2)n1C)C(=O)Nc1cccc(C(C)=O)c1. The van der Waals surface area contributed by atoms with Crippen LogP contribution in [0.25, 0.3) is 0 Å². The second kappa shape index (κ2) is 11.0. The van der Waals surface area contributed by atoms with Gasteiger partial charge in [-0.05, 0) is 44.5 Å². The molecule has 1 heterocycles. The molecule has 0 fully saturated rings. The lowest BCUT2D eigenvalue weighted by atomic mass is 10.1. The van der Waals surface area contributed by atoms with E-state index in [1.165, 1.54) is 18.7 Å². The Labute approximate surface area is 197 Å². The normalized spacial score (nSPS) is 12.6. The first-order valence-corrected chi connectivity index (χ1v) is 11.5. The van der Waals surface area contributed by atoms with E-state index in [-0.39, 0.29) is 23.0 Å². The predicted octanol–water partition coefficient (Wildman–Crippen LogP) is 4.68. The molecule has 0 spiro atoms. The van der Waals surface area contributed by atoms with Crippen molar-refractivity contribution in [2.45, 2.75) is 43.7 Å². The molecule has 0 aliphatic heterocycles. The van der Waals surface area contributed by atoms with Gasteiger partial charge in [-0.15, -0.1) is 10.2 Å². The quantitative estimate of drug-likeness (QED) is 0.341. The number of nitrogens with one attached hydrogen (secondary N) is 1. The topological polar surface area (TPSA) is 95.3 Å². The summed E-state index contributed by atoms with van der Waals surface area (Å²) in [6.07, 6.45) is 0.244. The Morgan fingerprint density at radius 2 is 1.85 bits per heavy atom. The van der Waals surface area contributed by atoms with Crippen LogP contribution in [0, 0.1) is 0 Å². The van der Waals surface area contributed by atoms with E-state index in [1.807, 2.05) is 43.7 Å². The molecule has 9 heteroatoms. The maximum absolute atomic E-state index is 12.9. The predicted molar refractivity (Wildman–Crippen MR) is 128 cm³/mol. The van der Waals surface area contributed by atoms with Crippen LogP contribution in [0.5, 0.6) is 11.5 Å². The number of methoxy groups -OCH3 is 1. The number of hydrogen-bond acceptors (Lipinski definition) is 7. The number of thioether (sulfide) groups is 1. The van der Waals surface area contributed by atoms with E-state index >= 15 is 0 Å². The number of aromatic nitrogens is 3. The molecule has 33 heavy (non-hydrogen) atoms. The van der Waals surface area contributed by atoms with Crippen LogP contribution in [0.3, 0.4) is 0 Å². The van der Waals surface area contributed by atoms with E-state index in [1.54, 1.807) is 37.4 Å². The third-order valence-corrected chi connectivity index (χ3v) is 6.43. The minimum Gasteiger partial charge on any atom is -0.497 e. The number of rotatable bonds is 10. The molecule has 0 aliphatic rings. The van der Waals surface area contributed by atoms with Crippen LogP contribution in [-0.4, -0.2) is 38.8 Å². The molecule has 3 rings (SSSR count). The summed E-state index contributed by atoms with van der Waals surface area (Å²) in [4.78, 5) is 24.5. The summed E-state index contributed by atoms with van der Waals surface area (Å²) in [7, 11) is 3.46. The fourth-order valence-corrected chi connectivity index (χ4v) is 4.13. The molecule has 0 saturated carbocycles. The Morgan fingerprint density at radius 1 is 1.12 bits per heavy atom. The highest BCUT2D eigenvalue weighted by Gasteiger charge is 2.24. The van der Waals surface area contributed by atoms with Gasteiger partial charge in [-0.3, -0.25) is 9.59 Å². The van der Waals surface area contributed by atoms with Crippen LogP contribution in [0.2, 0.25) is 0 Å². The number of Topliss-reactive ketones (excluding diaryl/α,β-unsaturated/α-hetero) is 1. The van der Waals surface area contributed by atoms with Gasteiger partial charge in [0.2, 0.25) is 5.91 Å². The minimum atomic E-state index is -0.378. The minimum absolute atomic E-state index is 0.0515. The molecule has 2 atom stereocenters.